The van der Waals surface area contributed by atoms with Gasteiger partial charge in [0.2, 0.25) is 6.79 Å². The van der Waals surface area contributed by atoms with Crippen molar-refractivity contribution in [3.8, 4) is 23.0 Å². The highest BCUT2D eigenvalue weighted by Gasteiger charge is 2.40. The Hall–Kier alpha value is -3.64. The van der Waals surface area contributed by atoms with Crippen LogP contribution in [0.5, 0.6) is 23.0 Å². The first-order chi connectivity index (χ1) is 17.1. The number of hydrogen-bond donors (Lipinski definition) is 1. The second kappa shape index (κ2) is 8.54. The van der Waals surface area contributed by atoms with Gasteiger partial charge in [-0.1, -0.05) is 35.9 Å². The minimum absolute atomic E-state index is 0.0102. The van der Waals surface area contributed by atoms with E-state index < -0.39 is 0 Å². The van der Waals surface area contributed by atoms with Crippen molar-refractivity contribution in [2.24, 2.45) is 0 Å². The number of carbonyl (C=O) groups excluding carboxylic acids is 1. The molecule has 1 N–H and O–H groups in total. The number of halogens is 1. The van der Waals surface area contributed by atoms with Crippen LogP contribution in [0, 0.1) is 0 Å². The van der Waals surface area contributed by atoms with Gasteiger partial charge in [0.05, 0.1) is 14.2 Å². The third kappa shape index (κ3) is 3.60. The molecule has 0 fully saturated rings. The maximum absolute atomic E-state index is 13.8. The van der Waals surface area contributed by atoms with E-state index in [2.05, 4.69) is 5.32 Å². The summed E-state index contributed by atoms with van der Waals surface area (Å²) in [6.07, 6.45) is 1.09. The number of fused-ring (bicyclic) bond motifs is 2. The van der Waals surface area contributed by atoms with E-state index in [1.165, 1.54) is 0 Å². The number of hydrogen-bond acceptors (Lipinski definition) is 6. The Labute approximate surface area is 208 Å². The molecule has 3 aromatic carbocycles. The molecule has 0 amide bonds. The third-order valence-electron chi connectivity index (χ3n) is 7.03. The minimum Gasteiger partial charge on any atom is -0.493 e. The summed E-state index contributed by atoms with van der Waals surface area (Å²) in [5, 5.41) is 4.18. The molecule has 2 aliphatic heterocycles. The van der Waals surface area contributed by atoms with Gasteiger partial charge in [0.1, 0.15) is 0 Å². The number of nitrogens with one attached hydrogen (secondary N) is 1. The molecule has 3 aliphatic rings. The molecule has 35 heavy (non-hydrogen) atoms. The molecule has 7 heteroatoms. The molecule has 2 heterocycles. The van der Waals surface area contributed by atoms with Gasteiger partial charge in [0.25, 0.3) is 0 Å². The quantitative estimate of drug-likeness (QED) is 0.481. The molecule has 6 rings (SSSR count). The minimum atomic E-state index is -0.289. The topological polar surface area (TPSA) is 66.0 Å². The second-order valence-corrected chi connectivity index (χ2v) is 9.31. The summed E-state index contributed by atoms with van der Waals surface area (Å²) < 4.78 is 22.2. The van der Waals surface area contributed by atoms with Crippen molar-refractivity contribution in [2.75, 3.05) is 26.3 Å². The molecule has 1 aliphatic carbocycles. The Kier molecular flexibility index (Phi) is 5.33. The first kappa shape index (κ1) is 21.9. The van der Waals surface area contributed by atoms with Gasteiger partial charge in [-0.3, -0.25) is 4.79 Å². The number of methoxy groups -OCH3 is 2. The van der Waals surface area contributed by atoms with Crippen LogP contribution < -0.4 is 24.3 Å². The van der Waals surface area contributed by atoms with Gasteiger partial charge in [-0.05, 0) is 53.3 Å². The predicted octanol–water partition coefficient (Wildman–Crippen LogP) is 6.04. The Morgan fingerprint density at radius 2 is 1.69 bits per heavy atom. The number of carbonyl (C=O) groups is 1. The third-order valence-corrected chi connectivity index (χ3v) is 7.38. The van der Waals surface area contributed by atoms with Crippen LogP contribution in [0.4, 0.5) is 5.69 Å². The van der Waals surface area contributed by atoms with Gasteiger partial charge in [0, 0.05) is 40.4 Å². The lowest BCUT2D eigenvalue weighted by Crippen LogP contribution is -2.30. The average Bonchev–Trinajstić information content (AvgIpc) is 3.33. The molecule has 6 nitrogen and oxygen atoms in total. The van der Waals surface area contributed by atoms with E-state index in [9.17, 15) is 4.79 Å². The van der Waals surface area contributed by atoms with E-state index in [1.54, 1.807) is 14.2 Å². The molecule has 0 radical (unpaired) electrons. The molecule has 178 valence electrons. The molecular weight excluding hydrogens is 466 g/mol. The van der Waals surface area contributed by atoms with Crippen molar-refractivity contribution in [1.82, 2.24) is 0 Å². The lowest BCUT2D eigenvalue weighted by molar-refractivity contribution is -0.116. The molecular formula is C28H24ClNO5. The first-order valence-electron chi connectivity index (χ1n) is 11.5. The van der Waals surface area contributed by atoms with Crippen molar-refractivity contribution in [3.05, 3.63) is 87.6 Å². The number of Topliss-reactive ketones (excluding diaryl/α,β-unsaturated/α-hetero) is 1. The fourth-order valence-electron chi connectivity index (χ4n) is 5.38. The van der Waals surface area contributed by atoms with E-state index >= 15 is 0 Å². The number of ether oxygens (including phenoxy) is 4. The Morgan fingerprint density at radius 3 is 2.46 bits per heavy atom. The van der Waals surface area contributed by atoms with Gasteiger partial charge < -0.3 is 24.3 Å². The molecule has 0 saturated heterocycles. The van der Waals surface area contributed by atoms with E-state index in [-0.39, 0.29) is 24.4 Å². The number of allylic oxidation sites excluding steroid dienone is 2. The van der Waals surface area contributed by atoms with Crippen molar-refractivity contribution >= 4 is 23.1 Å². The SMILES string of the molecule is COc1ccc([C@@H]2CC(=O)C3=C(C2)Nc2cc4c(cc2[C@H]3c2ccccc2Cl)OCO4)cc1OC. The van der Waals surface area contributed by atoms with Crippen LogP contribution in [0.3, 0.4) is 0 Å². The summed E-state index contributed by atoms with van der Waals surface area (Å²) in [6, 6.07) is 17.5. The largest absolute Gasteiger partial charge is 0.493 e. The molecule has 0 spiro atoms. The Balaban J connectivity index is 1.46. The fourth-order valence-corrected chi connectivity index (χ4v) is 5.63. The highest BCUT2D eigenvalue weighted by atomic mass is 35.5. The summed E-state index contributed by atoms with van der Waals surface area (Å²) in [7, 11) is 3.23. The van der Waals surface area contributed by atoms with E-state index in [0.29, 0.717) is 40.9 Å². The summed E-state index contributed by atoms with van der Waals surface area (Å²) in [4.78, 5) is 13.8. The normalized spacial score (nSPS) is 20.1. The van der Waals surface area contributed by atoms with Crippen molar-refractivity contribution in [1.29, 1.82) is 0 Å². The molecule has 0 aromatic heterocycles. The van der Waals surface area contributed by atoms with Crippen LogP contribution in [-0.4, -0.2) is 26.8 Å². The molecule has 0 unspecified atom stereocenters. The average molecular weight is 490 g/mol. The van der Waals surface area contributed by atoms with E-state index in [4.69, 9.17) is 30.5 Å². The van der Waals surface area contributed by atoms with Gasteiger partial charge in [-0.2, -0.15) is 0 Å². The van der Waals surface area contributed by atoms with Crippen molar-refractivity contribution in [2.45, 2.75) is 24.7 Å². The van der Waals surface area contributed by atoms with Crippen LogP contribution >= 0.6 is 11.6 Å². The summed E-state index contributed by atoms with van der Waals surface area (Å²) in [5.74, 6) is 2.51. The summed E-state index contributed by atoms with van der Waals surface area (Å²) in [6.45, 7) is 0.183. The zero-order chi connectivity index (χ0) is 24.1. The van der Waals surface area contributed by atoms with Gasteiger partial charge in [-0.25, -0.2) is 0 Å². The zero-order valence-corrected chi connectivity index (χ0v) is 20.1. The molecule has 3 aromatic rings. The van der Waals surface area contributed by atoms with Gasteiger partial charge in [0.15, 0.2) is 28.8 Å². The lowest BCUT2D eigenvalue weighted by Gasteiger charge is -2.37. The predicted molar refractivity (Wildman–Crippen MR) is 133 cm³/mol. The lowest BCUT2D eigenvalue weighted by atomic mass is 9.72. The Morgan fingerprint density at radius 1 is 0.914 bits per heavy atom. The van der Waals surface area contributed by atoms with Crippen LogP contribution in [0.25, 0.3) is 0 Å². The Bertz CT molecular complexity index is 1380. The van der Waals surface area contributed by atoms with Crippen LogP contribution in [0.2, 0.25) is 5.02 Å². The number of ketones is 1. The number of benzene rings is 3. The van der Waals surface area contributed by atoms with E-state index in [1.807, 2.05) is 54.6 Å². The maximum Gasteiger partial charge on any atom is 0.231 e. The molecule has 2 atom stereocenters. The van der Waals surface area contributed by atoms with Gasteiger partial charge >= 0.3 is 0 Å². The fraction of sp³-hybridized carbons (Fsp3) is 0.250. The van der Waals surface area contributed by atoms with Crippen molar-refractivity contribution in [3.63, 3.8) is 0 Å². The maximum atomic E-state index is 13.8. The zero-order valence-electron chi connectivity index (χ0n) is 19.4. The second-order valence-electron chi connectivity index (χ2n) is 8.91. The highest BCUT2D eigenvalue weighted by Crippen LogP contribution is 2.52. The standard InChI is InChI=1S/C28H24ClNO5/c1-32-23-8-7-15(11-24(23)33-2)16-9-21-28(22(31)10-16)27(17-5-3-4-6-19(17)29)18-12-25-26(35-14-34-25)13-20(18)30-21/h3-8,11-13,16,27,30H,9-10,14H2,1-2H3/t16-,27+/m0/s1. The number of rotatable bonds is 4. The first-order valence-corrected chi connectivity index (χ1v) is 11.9. The summed E-state index contributed by atoms with van der Waals surface area (Å²) >= 11 is 6.67. The van der Waals surface area contributed by atoms with Crippen LogP contribution in [-0.2, 0) is 4.79 Å². The molecule has 0 saturated carbocycles. The van der Waals surface area contributed by atoms with E-state index in [0.717, 1.165) is 33.6 Å². The van der Waals surface area contributed by atoms with Crippen LogP contribution in [0.15, 0.2) is 65.9 Å². The number of anilines is 1. The van der Waals surface area contributed by atoms with Crippen molar-refractivity contribution < 1.29 is 23.7 Å². The van der Waals surface area contributed by atoms with Crippen LogP contribution in [0.1, 0.15) is 41.4 Å². The molecule has 0 bridgehead atoms. The smallest absolute Gasteiger partial charge is 0.231 e. The summed E-state index contributed by atoms with van der Waals surface area (Å²) in [5.41, 5.74) is 5.48. The van der Waals surface area contributed by atoms with Gasteiger partial charge in [-0.15, -0.1) is 0 Å². The highest BCUT2D eigenvalue weighted by molar-refractivity contribution is 6.31. The monoisotopic (exact) mass is 489 g/mol.